The Morgan fingerprint density at radius 2 is 2.25 bits per heavy atom. The molecule has 12 heavy (non-hydrogen) atoms. The minimum absolute atomic E-state index is 0.590. The van der Waals surface area contributed by atoms with Gasteiger partial charge in [-0.2, -0.15) is 0 Å². The van der Waals surface area contributed by atoms with Crippen LogP contribution in [-0.2, 0) is 9.53 Å². The summed E-state index contributed by atoms with van der Waals surface area (Å²) < 4.78 is 5.10. The van der Waals surface area contributed by atoms with E-state index in [2.05, 4.69) is 4.99 Å². The molecular weight excluding hydrogens is 154 g/mol. The van der Waals surface area contributed by atoms with E-state index in [-0.39, 0.29) is 0 Å². The third-order valence-corrected chi connectivity index (χ3v) is 1.33. The van der Waals surface area contributed by atoms with Crippen LogP contribution in [0.5, 0.6) is 0 Å². The van der Waals surface area contributed by atoms with Crippen molar-refractivity contribution in [3.8, 4) is 0 Å². The Bertz CT molecular complexity index is 160. The first-order valence-electron chi connectivity index (χ1n) is 4.18. The van der Waals surface area contributed by atoms with E-state index in [0.29, 0.717) is 6.54 Å². The van der Waals surface area contributed by atoms with Gasteiger partial charge in [-0.25, -0.2) is 9.79 Å². The summed E-state index contributed by atoms with van der Waals surface area (Å²) >= 11 is 0. The molecule has 0 spiro atoms. The van der Waals surface area contributed by atoms with E-state index in [1.807, 2.05) is 13.0 Å². The van der Waals surface area contributed by atoms with Crippen LogP contribution in [0.1, 0.15) is 26.2 Å². The molecule has 3 nitrogen and oxygen atoms in total. The molecule has 0 atom stereocenters. The second-order valence-electron chi connectivity index (χ2n) is 2.37. The molecule has 0 unspecified atom stereocenters. The van der Waals surface area contributed by atoms with E-state index in [4.69, 9.17) is 4.74 Å². The molecule has 0 aliphatic rings. The average Bonchev–Trinajstić information content (AvgIpc) is 2.10. The summed E-state index contributed by atoms with van der Waals surface area (Å²) in [4.78, 5) is 13.1. The number of carbonyl (C=O) groups excluding carboxylic acids is 1. The number of hydrogen-bond donors (Lipinski definition) is 0. The minimum atomic E-state index is 0.590. The lowest BCUT2D eigenvalue weighted by atomic mass is 10.2. The van der Waals surface area contributed by atoms with Gasteiger partial charge in [-0.3, -0.25) is 0 Å². The van der Waals surface area contributed by atoms with E-state index in [9.17, 15) is 4.79 Å². The number of nitrogens with zero attached hydrogens (tertiary/aromatic N) is 1. The molecule has 0 N–H and O–H groups in total. The van der Waals surface area contributed by atoms with Gasteiger partial charge in [0, 0.05) is 0 Å². The Balaban J connectivity index is 2.95. The van der Waals surface area contributed by atoms with Crippen LogP contribution in [-0.4, -0.2) is 19.2 Å². The van der Waals surface area contributed by atoms with Gasteiger partial charge in [-0.05, 0) is 26.2 Å². The van der Waals surface area contributed by atoms with Crippen molar-refractivity contribution in [3.63, 3.8) is 0 Å². The van der Waals surface area contributed by atoms with Crippen molar-refractivity contribution in [1.82, 2.24) is 0 Å². The van der Waals surface area contributed by atoms with Crippen molar-refractivity contribution in [2.75, 3.05) is 13.2 Å². The highest BCUT2D eigenvalue weighted by Gasteiger charge is 1.87. The van der Waals surface area contributed by atoms with Gasteiger partial charge in [0.2, 0.25) is 6.08 Å². The highest BCUT2D eigenvalue weighted by Crippen LogP contribution is 1.95. The van der Waals surface area contributed by atoms with Crippen molar-refractivity contribution in [3.05, 3.63) is 12.3 Å². The Labute approximate surface area is 73.1 Å². The molecule has 0 saturated heterocycles. The van der Waals surface area contributed by atoms with Gasteiger partial charge in [-0.1, -0.05) is 6.08 Å². The first-order chi connectivity index (χ1) is 5.91. The molecule has 0 heterocycles. The van der Waals surface area contributed by atoms with Crippen molar-refractivity contribution in [2.45, 2.75) is 26.2 Å². The minimum Gasteiger partial charge on any atom is -0.502 e. The van der Waals surface area contributed by atoms with Crippen molar-refractivity contribution in [1.29, 1.82) is 0 Å². The fourth-order valence-corrected chi connectivity index (χ4v) is 0.763. The predicted molar refractivity (Wildman–Crippen MR) is 47.6 cm³/mol. The molecule has 0 radical (unpaired) electrons. The predicted octanol–water partition coefficient (Wildman–Crippen LogP) is 2.04. The number of ether oxygens (including phenoxy) is 1. The second kappa shape index (κ2) is 9.92. The molecule has 0 bridgehead atoms. The molecule has 0 fully saturated rings. The number of isocyanates is 1. The SMILES string of the molecule is CC=COCCCCCN=C=O. The van der Waals surface area contributed by atoms with Crippen LogP contribution >= 0.6 is 0 Å². The quantitative estimate of drug-likeness (QED) is 0.253. The molecule has 0 amide bonds. The topological polar surface area (TPSA) is 38.7 Å². The maximum Gasteiger partial charge on any atom is 0.234 e. The first-order valence-corrected chi connectivity index (χ1v) is 4.18. The van der Waals surface area contributed by atoms with Crippen LogP contribution in [0, 0.1) is 0 Å². The zero-order chi connectivity index (χ0) is 9.07. The van der Waals surface area contributed by atoms with E-state index < -0.39 is 0 Å². The lowest BCUT2D eigenvalue weighted by Gasteiger charge is -1.98. The summed E-state index contributed by atoms with van der Waals surface area (Å²) in [6.45, 7) is 3.25. The molecule has 0 rings (SSSR count). The zero-order valence-corrected chi connectivity index (χ0v) is 7.45. The summed E-state index contributed by atoms with van der Waals surface area (Å²) in [6, 6.07) is 0. The van der Waals surface area contributed by atoms with Crippen molar-refractivity contribution >= 4 is 6.08 Å². The number of aliphatic imine (C=N–C) groups is 1. The Hall–Kier alpha value is -1.08. The van der Waals surface area contributed by atoms with Gasteiger partial charge in [0.15, 0.2) is 0 Å². The second-order valence-corrected chi connectivity index (χ2v) is 2.37. The van der Waals surface area contributed by atoms with Gasteiger partial charge in [0.1, 0.15) is 0 Å². The molecule has 0 aliphatic carbocycles. The highest BCUT2D eigenvalue weighted by molar-refractivity contribution is 5.32. The van der Waals surface area contributed by atoms with Gasteiger partial charge in [0.25, 0.3) is 0 Å². The fourth-order valence-electron chi connectivity index (χ4n) is 0.763. The summed E-state index contributed by atoms with van der Waals surface area (Å²) in [5, 5.41) is 0. The summed E-state index contributed by atoms with van der Waals surface area (Å²) in [5.41, 5.74) is 0. The third kappa shape index (κ3) is 8.92. The number of allylic oxidation sites excluding steroid dienone is 1. The Kier molecular flexibility index (Phi) is 9.03. The lowest BCUT2D eigenvalue weighted by Crippen LogP contribution is -1.88. The molecule has 0 saturated carbocycles. The van der Waals surface area contributed by atoms with Gasteiger partial charge >= 0.3 is 0 Å². The summed E-state index contributed by atoms with van der Waals surface area (Å²) in [5.74, 6) is 0. The van der Waals surface area contributed by atoms with Gasteiger partial charge in [0.05, 0.1) is 19.4 Å². The summed E-state index contributed by atoms with van der Waals surface area (Å²) in [7, 11) is 0. The molecule has 0 aromatic heterocycles. The standard InChI is InChI=1S/C9H15NO2/c1-2-7-12-8-5-3-4-6-10-9-11/h2,7H,3-6,8H2,1H3. The van der Waals surface area contributed by atoms with E-state index in [1.54, 1.807) is 6.26 Å². The third-order valence-electron chi connectivity index (χ3n) is 1.33. The van der Waals surface area contributed by atoms with Crippen LogP contribution in [0.15, 0.2) is 17.3 Å². The Morgan fingerprint density at radius 3 is 2.92 bits per heavy atom. The van der Waals surface area contributed by atoms with Crippen LogP contribution < -0.4 is 0 Å². The smallest absolute Gasteiger partial charge is 0.234 e. The highest BCUT2D eigenvalue weighted by atomic mass is 16.5. The molecule has 68 valence electrons. The molecular formula is C9H15NO2. The largest absolute Gasteiger partial charge is 0.502 e. The van der Waals surface area contributed by atoms with Crippen LogP contribution in [0.25, 0.3) is 0 Å². The normalized spacial score (nSPS) is 9.75. The zero-order valence-electron chi connectivity index (χ0n) is 7.45. The van der Waals surface area contributed by atoms with Crippen LogP contribution in [0.3, 0.4) is 0 Å². The monoisotopic (exact) mass is 169 g/mol. The fraction of sp³-hybridized carbons (Fsp3) is 0.667. The lowest BCUT2D eigenvalue weighted by molar-refractivity contribution is 0.241. The first kappa shape index (κ1) is 10.9. The maximum absolute atomic E-state index is 9.65. The summed E-state index contributed by atoms with van der Waals surface area (Å²) in [6.07, 6.45) is 8.05. The molecule has 3 heteroatoms. The number of unbranched alkanes of at least 4 members (excludes halogenated alkanes) is 2. The molecule has 0 aromatic rings. The molecule has 0 aliphatic heterocycles. The maximum atomic E-state index is 9.65. The Morgan fingerprint density at radius 1 is 1.42 bits per heavy atom. The van der Waals surface area contributed by atoms with E-state index in [1.165, 1.54) is 6.08 Å². The van der Waals surface area contributed by atoms with Crippen LogP contribution in [0.4, 0.5) is 0 Å². The van der Waals surface area contributed by atoms with Crippen LogP contribution in [0.2, 0.25) is 0 Å². The number of hydrogen-bond acceptors (Lipinski definition) is 3. The van der Waals surface area contributed by atoms with E-state index >= 15 is 0 Å². The van der Waals surface area contributed by atoms with Gasteiger partial charge in [-0.15, -0.1) is 0 Å². The number of rotatable bonds is 7. The molecule has 0 aromatic carbocycles. The van der Waals surface area contributed by atoms with Crippen molar-refractivity contribution < 1.29 is 9.53 Å². The van der Waals surface area contributed by atoms with E-state index in [0.717, 1.165) is 25.9 Å². The van der Waals surface area contributed by atoms with Crippen molar-refractivity contribution in [2.24, 2.45) is 4.99 Å². The van der Waals surface area contributed by atoms with Gasteiger partial charge < -0.3 is 4.74 Å². The average molecular weight is 169 g/mol.